The van der Waals surface area contributed by atoms with Crippen LogP contribution in [0.5, 0.6) is 0 Å². The normalized spacial score (nSPS) is 12.5. The predicted octanol–water partition coefficient (Wildman–Crippen LogP) is 5.25. The van der Waals surface area contributed by atoms with Gasteiger partial charge in [0.05, 0.1) is 5.38 Å². The van der Waals surface area contributed by atoms with E-state index in [1.54, 1.807) is 12.1 Å². The summed E-state index contributed by atoms with van der Waals surface area (Å²) in [5.41, 5.74) is 1.69. The molecule has 0 heterocycles. The van der Waals surface area contributed by atoms with Crippen molar-refractivity contribution in [3.63, 3.8) is 0 Å². The van der Waals surface area contributed by atoms with Gasteiger partial charge in [-0.25, -0.2) is 8.78 Å². The minimum absolute atomic E-state index is 0.213. The molecule has 2 aromatic rings. The molecule has 0 bridgehead atoms. The summed E-state index contributed by atoms with van der Waals surface area (Å²) in [4.78, 5) is 0. The lowest BCUT2D eigenvalue weighted by atomic mass is 10.0. The smallest absolute Gasteiger partial charge is 0.131 e. The highest BCUT2D eigenvalue weighted by Crippen LogP contribution is 2.36. The van der Waals surface area contributed by atoms with Gasteiger partial charge in [-0.3, -0.25) is 0 Å². The Labute approximate surface area is 114 Å². The Balaban J connectivity index is 2.48. The maximum absolute atomic E-state index is 13.7. The fourth-order valence-corrected chi connectivity index (χ4v) is 2.39. The Kier molecular flexibility index (Phi) is 3.88. The third-order valence-electron chi connectivity index (χ3n) is 2.73. The molecule has 4 heteroatoms. The highest BCUT2D eigenvalue weighted by atomic mass is 35.5. The van der Waals surface area contributed by atoms with Gasteiger partial charge in [-0.15, -0.1) is 11.6 Å². The Bertz CT molecular complexity index is 582. The van der Waals surface area contributed by atoms with E-state index in [0.29, 0.717) is 10.6 Å². The molecule has 0 spiro atoms. The van der Waals surface area contributed by atoms with Crippen LogP contribution in [0.3, 0.4) is 0 Å². The zero-order valence-electron chi connectivity index (χ0n) is 9.55. The summed E-state index contributed by atoms with van der Waals surface area (Å²) in [5, 5.41) is -0.237. The van der Waals surface area contributed by atoms with Gasteiger partial charge in [-0.05, 0) is 24.1 Å². The zero-order chi connectivity index (χ0) is 13.3. The average Bonchev–Trinajstić information content (AvgIpc) is 2.32. The molecule has 18 heavy (non-hydrogen) atoms. The maximum atomic E-state index is 13.7. The standard InChI is InChI=1S/C14H10Cl2F2/c1-8-3-2-4-11(13(8)15)14(16)10-6-5-9(17)7-12(10)18/h2-7,14H,1H3. The molecule has 94 valence electrons. The average molecular weight is 287 g/mol. The van der Waals surface area contributed by atoms with Crippen LogP contribution in [-0.4, -0.2) is 0 Å². The van der Waals surface area contributed by atoms with E-state index in [4.69, 9.17) is 23.2 Å². The Morgan fingerprint density at radius 1 is 1.06 bits per heavy atom. The molecular formula is C14H10Cl2F2. The first-order valence-electron chi connectivity index (χ1n) is 5.34. The Morgan fingerprint density at radius 3 is 2.44 bits per heavy atom. The number of benzene rings is 2. The van der Waals surface area contributed by atoms with Crippen molar-refractivity contribution < 1.29 is 8.78 Å². The van der Waals surface area contributed by atoms with Gasteiger partial charge in [-0.2, -0.15) is 0 Å². The van der Waals surface area contributed by atoms with Crippen LogP contribution in [0.15, 0.2) is 36.4 Å². The van der Waals surface area contributed by atoms with E-state index >= 15 is 0 Å². The van der Waals surface area contributed by atoms with Crippen LogP contribution in [-0.2, 0) is 0 Å². The van der Waals surface area contributed by atoms with E-state index < -0.39 is 17.0 Å². The summed E-state index contributed by atoms with van der Waals surface area (Å²) in [7, 11) is 0. The summed E-state index contributed by atoms with van der Waals surface area (Å²) in [6.45, 7) is 1.84. The third kappa shape index (κ3) is 2.50. The molecular weight excluding hydrogens is 277 g/mol. The number of hydrogen-bond acceptors (Lipinski definition) is 0. The highest BCUT2D eigenvalue weighted by molar-refractivity contribution is 6.33. The first-order chi connectivity index (χ1) is 8.50. The van der Waals surface area contributed by atoms with Crippen LogP contribution in [0, 0.1) is 18.6 Å². The quantitative estimate of drug-likeness (QED) is 0.661. The van der Waals surface area contributed by atoms with Gasteiger partial charge >= 0.3 is 0 Å². The van der Waals surface area contributed by atoms with Crippen LogP contribution < -0.4 is 0 Å². The fraction of sp³-hybridized carbons (Fsp3) is 0.143. The summed E-state index contributed by atoms with van der Waals surface area (Å²) in [6.07, 6.45) is 0. The maximum Gasteiger partial charge on any atom is 0.131 e. The van der Waals surface area contributed by atoms with Gasteiger partial charge in [0.25, 0.3) is 0 Å². The molecule has 0 aromatic heterocycles. The highest BCUT2D eigenvalue weighted by Gasteiger charge is 2.18. The van der Waals surface area contributed by atoms with Crippen LogP contribution in [0.25, 0.3) is 0 Å². The molecule has 0 nitrogen and oxygen atoms in total. The fourth-order valence-electron chi connectivity index (χ4n) is 1.74. The van der Waals surface area contributed by atoms with Gasteiger partial charge in [0.2, 0.25) is 0 Å². The van der Waals surface area contributed by atoms with Crippen molar-refractivity contribution >= 4 is 23.2 Å². The molecule has 1 unspecified atom stereocenters. The van der Waals surface area contributed by atoms with Crippen LogP contribution in [0.2, 0.25) is 5.02 Å². The van der Waals surface area contributed by atoms with Gasteiger partial charge in [0.1, 0.15) is 11.6 Å². The number of halogens is 4. The SMILES string of the molecule is Cc1cccc(C(Cl)c2ccc(F)cc2F)c1Cl. The number of aryl methyl sites for hydroxylation is 1. The minimum atomic E-state index is -0.738. The van der Waals surface area contributed by atoms with Crippen molar-refractivity contribution in [3.8, 4) is 0 Å². The predicted molar refractivity (Wildman–Crippen MR) is 70.2 cm³/mol. The second-order valence-corrected chi connectivity index (χ2v) is 4.82. The molecule has 0 N–H and O–H groups in total. The van der Waals surface area contributed by atoms with Crippen molar-refractivity contribution in [2.24, 2.45) is 0 Å². The molecule has 0 saturated heterocycles. The molecule has 1 atom stereocenters. The van der Waals surface area contributed by atoms with E-state index in [-0.39, 0.29) is 5.56 Å². The number of rotatable bonds is 2. The van der Waals surface area contributed by atoms with Crippen LogP contribution >= 0.6 is 23.2 Å². The van der Waals surface area contributed by atoms with E-state index in [0.717, 1.165) is 11.6 Å². The van der Waals surface area contributed by atoms with Crippen LogP contribution in [0.4, 0.5) is 8.78 Å². The minimum Gasteiger partial charge on any atom is -0.207 e. The third-order valence-corrected chi connectivity index (χ3v) is 3.72. The number of alkyl halides is 1. The van der Waals surface area contributed by atoms with Gasteiger partial charge < -0.3 is 0 Å². The largest absolute Gasteiger partial charge is 0.207 e. The summed E-state index contributed by atoms with van der Waals surface area (Å²) >= 11 is 12.4. The summed E-state index contributed by atoms with van der Waals surface area (Å²) < 4.78 is 26.5. The van der Waals surface area contributed by atoms with E-state index in [1.165, 1.54) is 12.1 Å². The van der Waals surface area contributed by atoms with Crippen molar-refractivity contribution in [1.82, 2.24) is 0 Å². The number of hydrogen-bond donors (Lipinski definition) is 0. The molecule has 0 aliphatic carbocycles. The summed E-state index contributed by atoms with van der Waals surface area (Å²) in [5.74, 6) is -1.30. The van der Waals surface area contributed by atoms with E-state index in [1.807, 2.05) is 13.0 Å². The van der Waals surface area contributed by atoms with Gasteiger partial charge in [0.15, 0.2) is 0 Å². The van der Waals surface area contributed by atoms with Crippen molar-refractivity contribution in [2.45, 2.75) is 12.3 Å². The lowest BCUT2D eigenvalue weighted by Gasteiger charge is -2.14. The van der Waals surface area contributed by atoms with Crippen molar-refractivity contribution in [1.29, 1.82) is 0 Å². The van der Waals surface area contributed by atoms with Crippen LogP contribution in [0.1, 0.15) is 22.1 Å². The second kappa shape index (κ2) is 5.25. The van der Waals surface area contributed by atoms with E-state index in [2.05, 4.69) is 0 Å². The van der Waals surface area contributed by atoms with Crippen molar-refractivity contribution in [3.05, 3.63) is 69.7 Å². The van der Waals surface area contributed by atoms with Gasteiger partial charge in [-0.1, -0.05) is 35.9 Å². The molecule has 0 aliphatic rings. The monoisotopic (exact) mass is 286 g/mol. The lowest BCUT2D eigenvalue weighted by molar-refractivity contribution is 0.573. The molecule has 0 aliphatic heterocycles. The first-order valence-corrected chi connectivity index (χ1v) is 6.16. The Hall–Kier alpha value is -1.12. The van der Waals surface area contributed by atoms with Gasteiger partial charge in [0, 0.05) is 16.7 Å². The topological polar surface area (TPSA) is 0 Å². The van der Waals surface area contributed by atoms with E-state index in [9.17, 15) is 8.78 Å². The van der Waals surface area contributed by atoms with Crippen molar-refractivity contribution in [2.75, 3.05) is 0 Å². The first kappa shape index (κ1) is 13.3. The molecule has 2 aromatic carbocycles. The zero-order valence-corrected chi connectivity index (χ0v) is 11.1. The molecule has 0 fully saturated rings. The second-order valence-electron chi connectivity index (χ2n) is 4.01. The molecule has 0 radical (unpaired) electrons. The Morgan fingerprint density at radius 2 is 1.78 bits per heavy atom. The molecule has 0 amide bonds. The lowest BCUT2D eigenvalue weighted by Crippen LogP contribution is -1.99. The molecule has 2 rings (SSSR count). The summed E-state index contributed by atoms with van der Waals surface area (Å²) in [6, 6.07) is 8.70. The molecule has 0 saturated carbocycles.